The molecule has 2 unspecified atom stereocenters. The molecule has 6 heteroatoms. The Labute approximate surface area is 186 Å². The van der Waals surface area contributed by atoms with Crippen molar-refractivity contribution >= 4 is 17.9 Å². The number of carbonyl (C=O) groups is 1. The van der Waals surface area contributed by atoms with Crippen LogP contribution >= 0.6 is 11.9 Å². The first-order valence-corrected chi connectivity index (χ1v) is 11.1. The highest BCUT2D eigenvalue weighted by molar-refractivity contribution is 8.00. The molecule has 0 bridgehead atoms. The number of hydrogen-bond donors (Lipinski definition) is 0. The largest absolute Gasteiger partial charge is 0.336 e. The minimum atomic E-state index is 0.0734. The molecule has 164 valence electrons. The molecule has 30 heavy (non-hydrogen) atoms. The summed E-state index contributed by atoms with van der Waals surface area (Å²) < 4.78 is 4.28. The van der Waals surface area contributed by atoms with Crippen LogP contribution in [0.5, 0.6) is 0 Å². The van der Waals surface area contributed by atoms with Gasteiger partial charge in [0.25, 0.3) is 5.91 Å². The van der Waals surface area contributed by atoms with Gasteiger partial charge in [-0.05, 0) is 57.0 Å². The first kappa shape index (κ1) is 25.7. The molecule has 0 aliphatic carbocycles. The predicted molar refractivity (Wildman–Crippen MR) is 130 cm³/mol. The van der Waals surface area contributed by atoms with Crippen LogP contribution in [-0.4, -0.2) is 50.6 Å². The highest BCUT2D eigenvalue weighted by Gasteiger charge is 2.28. The summed E-state index contributed by atoms with van der Waals surface area (Å²) in [6.07, 6.45) is 14.0. The maximum Gasteiger partial charge on any atom is 0.253 e. The molecule has 0 N–H and O–H groups in total. The van der Waals surface area contributed by atoms with E-state index in [2.05, 4.69) is 49.1 Å². The normalized spacial score (nSPS) is 18.8. The Hall–Kier alpha value is -2.31. The van der Waals surface area contributed by atoms with E-state index in [1.165, 1.54) is 4.91 Å². The SMILES string of the molecule is C=C/C(=C\C)C(=O)N1CCN(S/C(C)=C/CC(C=C)n2cccn2)C(C)C1.C=CC. The Morgan fingerprint density at radius 1 is 1.30 bits per heavy atom. The zero-order valence-corrected chi connectivity index (χ0v) is 19.6. The first-order chi connectivity index (χ1) is 14.4. The van der Waals surface area contributed by atoms with Gasteiger partial charge in [0.15, 0.2) is 0 Å². The molecule has 1 fully saturated rings. The lowest BCUT2D eigenvalue weighted by Crippen LogP contribution is -2.51. The summed E-state index contributed by atoms with van der Waals surface area (Å²) in [6.45, 7) is 21.4. The van der Waals surface area contributed by atoms with E-state index in [-0.39, 0.29) is 11.9 Å². The van der Waals surface area contributed by atoms with Crippen LogP contribution in [-0.2, 0) is 4.79 Å². The van der Waals surface area contributed by atoms with E-state index in [9.17, 15) is 4.79 Å². The predicted octanol–water partition coefficient (Wildman–Crippen LogP) is 5.41. The average molecular weight is 429 g/mol. The number of nitrogens with zero attached hydrogens (tertiary/aromatic N) is 4. The molecular weight excluding hydrogens is 392 g/mol. The standard InChI is InChI=1S/C21H30N4OS.C3H6/c1-6-19(7-2)21(26)23-14-15-25(17(4)16-23)27-18(5)10-11-20(8-3)24-13-9-12-22-24;1-3-2/h6-10,12-13,17,20H,1,3,11,14-16H2,2,4-5H3;3H,1H2,2H3/b18-10+,19-7+;. The van der Waals surface area contributed by atoms with Gasteiger partial charge in [-0.15, -0.1) is 13.2 Å². The third kappa shape index (κ3) is 7.84. The minimum absolute atomic E-state index is 0.0734. The maximum atomic E-state index is 12.5. The molecule has 1 aromatic heterocycles. The highest BCUT2D eigenvalue weighted by atomic mass is 32.2. The molecule has 0 radical (unpaired) electrons. The van der Waals surface area contributed by atoms with Gasteiger partial charge >= 0.3 is 0 Å². The summed E-state index contributed by atoms with van der Waals surface area (Å²) in [5.41, 5.74) is 0.675. The third-order valence-corrected chi connectivity index (χ3v) is 5.91. The number of amides is 1. The summed E-state index contributed by atoms with van der Waals surface area (Å²) in [6, 6.07) is 2.39. The molecule has 1 amide bonds. The number of aromatic nitrogens is 2. The molecule has 2 rings (SSSR count). The summed E-state index contributed by atoms with van der Waals surface area (Å²) in [5, 5.41) is 4.30. The van der Waals surface area contributed by atoms with Crippen LogP contribution in [0.25, 0.3) is 0 Å². The van der Waals surface area contributed by atoms with E-state index in [0.717, 1.165) is 26.1 Å². The number of hydrogen-bond acceptors (Lipinski definition) is 4. The fourth-order valence-electron chi connectivity index (χ4n) is 3.07. The van der Waals surface area contributed by atoms with Gasteiger partial charge in [0.1, 0.15) is 0 Å². The van der Waals surface area contributed by atoms with Crippen molar-refractivity contribution in [1.82, 2.24) is 19.0 Å². The molecule has 2 heterocycles. The second-order valence-electron chi connectivity index (χ2n) is 7.03. The monoisotopic (exact) mass is 428 g/mol. The van der Waals surface area contributed by atoms with Gasteiger partial charge < -0.3 is 4.90 Å². The fraction of sp³-hybridized carbons (Fsp3) is 0.417. The van der Waals surface area contributed by atoms with Crippen molar-refractivity contribution in [1.29, 1.82) is 0 Å². The zero-order valence-electron chi connectivity index (χ0n) is 18.8. The van der Waals surface area contributed by atoms with Gasteiger partial charge in [-0.25, -0.2) is 4.31 Å². The Balaban J connectivity index is 0.00000141. The van der Waals surface area contributed by atoms with E-state index in [1.807, 2.05) is 47.8 Å². The van der Waals surface area contributed by atoms with E-state index >= 15 is 0 Å². The van der Waals surface area contributed by atoms with Gasteiger partial charge in [-0.1, -0.05) is 37.0 Å². The Kier molecular flexibility index (Phi) is 11.9. The number of allylic oxidation sites excluding steroid dienone is 5. The Morgan fingerprint density at radius 3 is 2.50 bits per heavy atom. The molecule has 0 spiro atoms. The lowest BCUT2D eigenvalue weighted by Gasteiger charge is -2.39. The van der Waals surface area contributed by atoms with Crippen LogP contribution in [0.15, 0.2) is 79.1 Å². The van der Waals surface area contributed by atoms with Gasteiger partial charge in [0.05, 0.1) is 6.04 Å². The Morgan fingerprint density at radius 2 is 2.00 bits per heavy atom. The van der Waals surface area contributed by atoms with Crippen LogP contribution in [0, 0.1) is 0 Å². The molecule has 0 aromatic carbocycles. The van der Waals surface area contributed by atoms with E-state index in [0.29, 0.717) is 11.6 Å². The zero-order chi connectivity index (χ0) is 22.5. The van der Waals surface area contributed by atoms with Crippen LogP contribution in [0.3, 0.4) is 0 Å². The van der Waals surface area contributed by atoms with Crippen LogP contribution < -0.4 is 0 Å². The van der Waals surface area contributed by atoms with E-state index < -0.39 is 0 Å². The lowest BCUT2D eigenvalue weighted by molar-refractivity contribution is -0.128. The molecule has 1 aliphatic rings. The molecule has 5 nitrogen and oxygen atoms in total. The second-order valence-corrected chi connectivity index (χ2v) is 8.32. The number of rotatable bonds is 8. The van der Waals surface area contributed by atoms with Crippen molar-refractivity contribution in [3.05, 3.63) is 79.1 Å². The summed E-state index contributed by atoms with van der Waals surface area (Å²) in [7, 11) is 0. The highest BCUT2D eigenvalue weighted by Crippen LogP contribution is 2.27. The molecular formula is C24H36N4OS. The first-order valence-electron chi connectivity index (χ1n) is 10.3. The second kappa shape index (κ2) is 13.8. The number of piperazine rings is 1. The maximum absolute atomic E-state index is 12.5. The van der Waals surface area contributed by atoms with Gasteiger partial charge in [0.2, 0.25) is 0 Å². The summed E-state index contributed by atoms with van der Waals surface area (Å²) in [4.78, 5) is 15.7. The van der Waals surface area contributed by atoms with Gasteiger partial charge in [-0.3, -0.25) is 9.48 Å². The fourth-order valence-corrected chi connectivity index (χ4v) is 4.03. The quantitative estimate of drug-likeness (QED) is 0.240. The van der Waals surface area contributed by atoms with Gasteiger partial charge in [-0.2, -0.15) is 5.10 Å². The third-order valence-electron chi connectivity index (χ3n) is 4.68. The summed E-state index contributed by atoms with van der Waals surface area (Å²) in [5.74, 6) is 0.0734. The van der Waals surface area contributed by atoms with Crippen LogP contribution in [0.4, 0.5) is 0 Å². The van der Waals surface area contributed by atoms with E-state index in [4.69, 9.17) is 0 Å². The molecule has 1 saturated heterocycles. The van der Waals surface area contributed by atoms with Crippen LogP contribution in [0.2, 0.25) is 0 Å². The van der Waals surface area contributed by atoms with Crippen molar-refractivity contribution in [3.63, 3.8) is 0 Å². The van der Waals surface area contributed by atoms with Crippen molar-refractivity contribution in [2.45, 2.75) is 46.2 Å². The van der Waals surface area contributed by atoms with Crippen molar-refractivity contribution in [3.8, 4) is 0 Å². The smallest absolute Gasteiger partial charge is 0.253 e. The van der Waals surface area contributed by atoms with E-state index in [1.54, 1.807) is 30.3 Å². The lowest BCUT2D eigenvalue weighted by atomic mass is 10.1. The number of carbonyl (C=O) groups excluding carboxylic acids is 1. The Bertz CT molecular complexity index is 751. The van der Waals surface area contributed by atoms with Crippen LogP contribution in [0.1, 0.15) is 40.2 Å². The minimum Gasteiger partial charge on any atom is -0.336 e. The summed E-state index contributed by atoms with van der Waals surface area (Å²) >= 11 is 1.77. The van der Waals surface area contributed by atoms with Crippen molar-refractivity contribution in [2.24, 2.45) is 0 Å². The van der Waals surface area contributed by atoms with Gasteiger partial charge in [0, 0.05) is 43.6 Å². The molecule has 1 aliphatic heterocycles. The van der Waals surface area contributed by atoms with Crippen molar-refractivity contribution in [2.75, 3.05) is 19.6 Å². The van der Waals surface area contributed by atoms with Crippen molar-refractivity contribution < 1.29 is 4.79 Å². The molecule has 0 saturated carbocycles. The average Bonchev–Trinajstić information content (AvgIpc) is 3.26. The topological polar surface area (TPSA) is 41.4 Å². The molecule has 1 aromatic rings. The molecule has 2 atom stereocenters.